The molecular formula is C27H44O. The maximum atomic E-state index is 12.0. The third-order valence-corrected chi connectivity index (χ3v) is 10.2. The minimum absolute atomic E-state index is 0.332. The van der Waals surface area contributed by atoms with Crippen molar-refractivity contribution < 1.29 is 4.79 Å². The molecule has 0 heterocycles. The van der Waals surface area contributed by atoms with Crippen LogP contribution in [0.2, 0.25) is 0 Å². The summed E-state index contributed by atoms with van der Waals surface area (Å²) in [5, 5.41) is 0. The zero-order chi connectivity index (χ0) is 20.1. The van der Waals surface area contributed by atoms with Gasteiger partial charge in [0.2, 0.25) is 0 Å². The van der Waals surface area contributed by atoms with E-state index in [2.05, 4.69) is 40.7 Å². The maximum absolute atomic E-state index is 12.0. The smallest absolute Gasteiger partial charge is 0.155 e. The van der Waals surface area contributed by atoms with Crippen LogP contribution in [-0.2, 0) is 4.79 Å². The van der Waals surface area contributed by atoms with Gasteiger partial charge in [-0.3, -0.25) is 4.79 Å². The van der Waals surface area contributed by atoms with Gasteiger partial charge in [0.05, 0.1) is 0 Å². The molecule has 4 rings (SSSR count). The molecule has 0 aromatic heterocycles. The minimum Gasteiger partial charge on any atom is -0.295 e. The highest BCUT2D eigenvalue weighted by molar-refractivity contribution is 5.91. The molecule has 3 fully saturated rings. The molecule has 1 heteroatoms. The van der Waals surface area contributed by atoms with E-state index in [4.69, 9.17) is 0 Å². The van der Waals surface area contributed by atoms with Crippen LogP contribution in [0, 0.1) is 46.3 Å². The Hall–Kier alpha value is -0.590. The Balaban J connectivity index is 1.49. The summed E-state index contributed by atoms with van der Waals surface area (Å²) in [6.45, 7) is 12.5. The molecule has 1 nitrogen and oxygen atoms in total. The Bertz CT molecular complexity index is 630. The Morgan fingerprint density at radius 1 is 0.964 bits per heavy atom. The second-order valence-electron chi connectivity index (χ2n) is 12.0. The van der Waals surface area contributed by atoms with Crippen molar-refractivity contribution in [2.75, 3.05) is 0 Å². The van der Waals surface area contributed by atoms with Gasteiger partial charge in [0.25, 0.3) is 0 Å². The molecule has 28 heavy (non-hydrogen) atoms. The zero-order valence-electron chi connectivity index (χ0n) is 19.2. The third kappa shape index (κ3) is 3.33. The molecule has 0 unspecified atom stereocenters. The SMILES string of the molecule is CC(C)CCC[C@@H](C)[C@H]1CC[C@H]2[C@H]3CCC4=CC(=O)CC[C@@]4(C)[C@@H]3CC[C@]12C. The molecule has 0 radical (unpaired) electrons. The lowest BCUT2D eigenvalue weighted by Crippen LogP contribution is -2.50. The van der Waals surface area contributed by atoms with Gasteiger partial charge in [-0.05, 0) is 97.4 Å². The van der Waals surface area contributed by atoms with Gasteiger partial charge in [-0.15, -0.1) is 0 Å². The molecule has 0 aliphatic heterocycles. The summed E-state index contributed by atoms with van der Waals surface area (Å²) in [7, 11) is 0. The van der Waals surface area contributed by atoms with Crippen LogP contribution in [0.1, 0.15) is 105 Å². The van der Waals surface area contributed by atoms with Crippen molar-refractivity contribution in [3.8, 4) is 0 Å². The molecule has 158 valence electrons. The van der Waals surface area contributed by atoms with Gasteiger partial charge < -0.3 is 0 Å². The average molecular weight is 385 g/mol. The summed E-state index contributed by atoms with van der Waals surface area (Å²) >= 11 is 0. The highest BCUT2D eigenvalue weighted by atomic mass is 16.1. The van der Waals surface area contributed by atoms with Crippen molar-refractivity contribution in [1.29, 1.82) is 0 Å². The highest BCUT2D eigenvalue weighted by Crippen LogP contribution is 2.67. The van der Waals surface area contributed by atoms with Gasteiger partial charge >= 0.3 is 0 Å². The standard InChI is InChI=1S/C27H44O/c1-18(2)7-6-8-19(3)23-11-12-24-22-10-9-20-17-21(28)13-15-26(20,4)25(22)14-16-27(23,24)5/h17-19,22-25H,6-16H2,1-5H3/t19-,22-,23-,24+,25-,26-,27-/m1/s1. The fourth-order valence-corrected chi connectivity index (χ4v) is 8.58. The van der Waals surface area contributed by atoms with E-state index >= 15 is 0 Å². The van der Waals surface area contributed by atoms with Crippen molar-refractivity contribution in [1.82, 2.24) is 0 Å². The van der Waals surface area contributed by atoms with Crippen LogP contribution < -0.4 is 0 Å². The van der Waals surface area contributed by atoms with E-state index in [-0.39, 0.29) is 0 Å². The molecule has 4 aliphatic rings. The summed E-state index contributed by atoms with van der Waals surface area (Å²) in [5.41, 5.74) is 2.43. The number of ketones is 1. The number of carbonyl (C=O) groups is 1. The zero-order valence-corrected chi connectivity index (χ0v) is 19.2. The van der Waals surface area contributed by atoms with Gasteiger partial charge in [-0.25, -0.2) is 0 Å². The molecule has 0 aromatic carbocycles. The first kappa shape index (κ1) is 20.7. The number of rotatable bonds is 5. The molecule has 4 aliphatic carbocycles. The van der Waals surface area contributed by atoms with E-state index in [1.54, 1.807) is 0 Å². The van der Waals surface area contributed by atoms with Gasteiger partial charge in [-0.2, -0.15) is 0 Å². The van der Waals surface area contributed by atoms with Gasteiger partial charge in [0.15, 0.2) is 5.78 Å². The quantitative estimate of drug-likeness (QED) is 0.477. The monoisotopic (exact) mass is 384 g/mol. The maximum Gasteiger partial charge on any atom is 0.155 e. The Labute approximate surface area is 174 Å². The first-order valence-electron chi connectivity index (χ1n) is 12.5. The van der Waals surface area contributed by atoms with Crippen LogP contribution in [0.25, 0.3) is 0 Å². The summed E-state index contributed by atoms with van der Waals surface area (Å²) < 4.78 is 0. The highest BCUT2D eigenvalue weighted by Gasteiger charge is 2.59. The van der Waals surface area contributed by atoms with Crippen LogP contribution in [0.4, 0.5) is 0 Å². The molecule has 3 saturated carbocycles. The topological polar surface area (TPSA) is 17.1 Å². The average Bonchev–Trinajstić information content (AvgIpc) is 2.99. The molecule has 0 spiro atoms. The second kappa shape index (κ2) is 7.59. The first-order valence-corrected chi connectivity index (χ1v) is 12.5. The lowest BCUT2D eigenvalue weighted by atomic mass is 9.46. The fraction of sp³-hybridized carbons (Fsp3) is 0.889. The first-order chi connectivity index (χ1) is 13.3. The number of hydrogen-bond donors (Lipinski definition) is 0. The number of hydrogen-bond acceptors (Lipinski definition) is 1. The molecular weight excluding hydrogens is 340 g/mol. The lowest BCUT2D eigenvalue weighted by Gasteiger charge is -2.58. The van der Waals surface area contributed by atoms with E-state index in [0.717, 1.165) is 48.3 Å². The van der Waals surface area contributed by atoms with Crippen LogP contribution in [0.5, 0.6) is 0 Å². The van der Waals surface area contributed by atoms with Gasteiger partial charge in [0, 0.05) is 6.42 Å². The van der Waals surface area contributed by atoms with Gasteiger partial charge in [0.1, 0.15) is 0 Å². The number of allylic oxidation sites excluding steroid dienone is 1. The molecule has 0 aromatic rings. The van der Waals surface area contributed by atoms with Crippen molar-refractivity contribution in [2.24, 2.45) is 46.3 Å². The van der Waals surface area contributed by atoms with E-state index < -0.39 is 0 Å². The molecule has 7 atom stereocenters. The van der Waals surface area contributed by atoms with Crippen LogP contribution in [-0.4, -0.2) is 5.78 Å². The van der Waals surface area contributed by atoms with Gasteiger partial charge in [-0.1, -0.05) is 59.5 Å². The lowest BCUT2D eigenvalue weighted by molar-refractivity contribution is -0.117. The normalized spacial score (nSPS) is 43.9. The summed E-state index contributed by atoms with van der Waals surface area (Å²) in [5.74, 6) is 5.79. The van der Waals surface area contributed by atoms with Crippen molar-refractivity contribution >= 4 is 5.78 Å². The van der Waals surface area contributed by atoms with E-state index in [9.17, 15) is 4.79 Å². The van der Waals surface area contributed by atoms with Crippen LogP contribution >= 0.6 is 0 Å². The molecule has 0 bridgehead atoms. The molecule has 0 N–H and O–H groups in total. The number of carbonyl (C=O) groups excluding carboxylic acids is 1. The summed E-state index contributed by atoms with van der Waals surface area (Å²) in [4.78, 5) is 12.0. The Morgan fingerprint density at radius 2 is 1.75 bits per heavy atom. The van der Waals surface area contributed by atoms with Crippen molar-refractivity contribution in [2.45, 2.75) is 105 Å². The summed E-state index contributed by atoms with van der Waals surface area (Å²) in [6.07, 6.45) is 16.6. The van der Waals surface area contributed by atoms with Crippen LogP contribution in [0.3, 0.4) is 0 Å². The molecule has 0 amide bonds. The van der Waals surface area contributed by atoms with E-state index in [1.165, 1.54) is 63.4 Å². The summed E-state index contributed by atoms with van der Waals surface area (Å²) in [6, 6.07) is 0. The van der Waals surface area contributed by atoms with E-state index in [0.29, 0.717) is 16.6 Å². The molecule has 0 saturated heterocycles. The van der Waals surface area contributed by atoms with Crippen molar-refractivity contribution in [3.63, 3.8) is 0 Å². The minimum atomic E-state index is 0.332. The predicted molar refractivity (Wildman–Crippen MR) is 118 cm³/mol. The van der Waals surface area contributed by atoms with E-state index in [1.807, 2.05) is 0 Å². The van der Waals surface area contributed by atoms with Crippen LogP contribution in [0.15, 0.2) is 11.6 Å². The Kier molecular flexibility index (Phi) is 5.60. The largest absolute Gasteiger partial charge is 0.295 e. The number of fused-ring (bicyclic) bond motifs is 5. The predicted octanol–water partition coefficient (Wildman–Crippen LogP) is 7.60. The third-order valence-electron chi connectivity index (χ3n) is 10.2. The second-order valence-corrected chi connectivity index (χ2v) is 12.0. The Morgan fingerprint density at radius 3 is 2.50 bits per heavy atom. The fourth-order valence-electron chi connectivity index (χ4n) is 8.58. The van der Waals surface area contributed by atoms with Crippen molar-refractivity contribution in [3.05, 3.63) is 11.6 Å².